The average Bonchev–Trinajstić information content (AvgIpc) is 2.64. The van der Waals surface area contributed by atoms with Crippen LogP contribution in [-0.4, -0.2) is 16.6 Å². The molecule has 0 unspecified atom stereocenters. The predicted octanol–water partition coefficient (Wildman–Crippen LogP) is 5.34. The van der Waals surface area contributed by atoms with Gasteiger partial charge in [-0.1, -0.05) is 49.6 Å². The highest BCUT2D eigenvalue weighted by atomic mass is 79.9. The summed E-state index contributed by atoms with van der Waals surface area (Å²) in [4.78, 5) is 4.40. The number of thiocarbonyl (C=S) groups is 1. The highest BCUT2D eigenvalue weighted by molar-refractivity contribution is 9.10. The molecule has 1 fully saturated rings. The molecule has 5 heteroatoms. The van der Waals surface area contributed by atoms with Gasteiger partial charge in [-0.2, -0.15) is 0 Å². The first-order valence-electron chi connectivity index (χ1n) is 8.82. The third kappa shape index (κ3) is 4.59. The summed E-state index contributed by atoms with van der Waals surface area (Å²) in [5.41, 5.74) is 2.66. The number of aryl methyl sites for hydroxylation is 1. The highest BCUT2D eigenvalue weighted by Gasteiger charge is 2.33. The van der Waals surface area contributed by atoms with E-state index in [0.29, 0.717) is 5.11 Å². The lowest BCUT2D eigenvalue weighted by atomic mass is 9.69. The molecule has 1 aromatic carbocycles. The van der Waals surface area contributed by atoms with Crippen molar-refractivity contribution in [2.45, 2.75) is 44.4 Å². The summed E-state index contributed by atoms with van der Waals surface area (Å²) >= 11 is 8.96. The Labute approximate surface area is 163 Å². The molecule has 0 radical (unpaired) electrons. The number of hydrogen-bond donors (Lipinski definition) is 2. The monoisotopic (exact) mass is 417 g/mol. The van der Waals surface area contributed by atoms with E-state index in [1.807, 2.05) is 13.0 Å². The lowest BCUT2D eigenvalue weighted by Gasteiger charge is -2.38. The van der Waals surface area contributed by atoms with Crippen molar-refractivity contribution in [3.8, 4) is 0 Å². The Morgan fingerprint density at radius 2 is 1.92 bits per heavy atom. The maximum Gasteiger partial charge on any atom is 0.171 e. The fourth-order valence-corrected chi connectivity index (χ4v) is 4.27. The molecule has 1 heterocycles. The molecule has 0 atom stereocenters. The van der Waals surface area contributed by atoms with Gasteiger partial charge in [-0.05, 0) is 65.1 Å². The Hall–Kier alpha value is -1.46. The molecule has 0 saturated heterocycles. The second-order valence-electron chi connectivity index (χ2n) is 6.83. The fraction of sp³-hybridized carbons (Fsp3) is 0.400. The molecule has 25 heavy (non-hydrogen) atoms. The molecular weight excluding hydrogens is 394 g/mol. The highest BCUT2D eigenvalue weighted by Crippen LogP contribution is 2.38. The zero-order valence-corrected chi connectivity index (χ0v) is 16.9. The van der Waals surface area contributed by atoms with Crippen LogP contribution in [0.15, 0.2) is 47.1 Å². The summed E-state index contributed by atoms with van der Waals surface area (Å²) < 4.78 is 0.972. The molecule has 0 aliphatic heterocycles. The lowest BCUT2D eigenvalue weighted by Crippen LogP contribution is -2.43. The van der Waals surface area contributed by atoms with Crippen LogP contribution in [0, 0.1) is 6.92 Å². The third-order valence-corrected chi connectivity index (χ3v) is 5.74. The number of aromatic nitrogens is 1. The fourth-order valence-electron chi connectivity index (χ4n) is 3.66. The molecule has 1 saturated carbocycles. The topological polar surface area (TPSA) is 37.0 Å². The standard InChI is InChI=1S/C20H24BrN3S/c1-15-12-17(21)13-22-18(15)24-19(25)23-14-20(10-6-3-7-11-20)16-8-4-2-5-9-16/h2,4-5,8-9,12-13H,3,6-7,10-11,14H2,1H3,(H2,22,23,24,25). The molecule has 2 N–H and O–H groups in total. The van der Waals surface area contributed by atoms with Crippen molar-refractivity contribution in [2.75, 3.05) is 11.9 Å². The zero-order valence-electron chi connectivity index (χ0n) is 14.5. The van der Waals surface area contributed by atoms with E-state index < -0.39 is 0 Å². The number of hydrogen-bond acceptors (Lipinski definition) is 2. The minimum absolute atomic E-state index is 0.174. The van der Waals surface area contributed by atoms with E-state index in [4.69, 9.17) is 12.2 Å². The smallest absolute Gasteiger partial charge is 0.171 e. The normalized spacial score (nSPS) is 16.2. The Bertz CT molecular complexity index is 727. The minimum atomic E-state index is 0.174. The van der Waals surface area contributed by atoms with Gasteiger partial charge in [0.1, 0.15) is 5.82 Å². The van der Waals surface area contributed by atoms with Crippen molar-refractivity contribution in [3.05, 3.63) is 58.2 Å². The zero-order chi connectivity index (χ0) is 17.7. The molecule has 3 nitrogen and oxygen atoms in total. The van der Waals surface area contributed by atoms with Gasteiger partial charge >= 0.3 is 0 Å². The minimum Gasteiger partial charge on any atom is -0.362 e. The maximum absolute atomic E-state index is 5.52. The van der Waals surface area contributed by atoms with Gasteiger partial charge in [0.2, 0.25) is 0 Å². The molecule has 1 aliphatic rings. The Morgan fingerprint density at radius 1 is 1.20 bits per heavy atom. The molecule has 1 aliphatic carbocycles. The number of halogens is 1. The van der Waals surface area contributed by atoms with Crippen molar-refractivity contribution in [2.24, 2.45) is 0 Å². The van der Waals surface area contributed by atoms with E-state index >= 15 is 0 Å². The van der Waals surface area contributed by atoms with Crippen LogP contribution in [-0.2, 0) is 5.41 Å². The number of nitrogens with one attached hydrogen (secondary N) is 2. The van der Waals surface area contributed by atoms with Crippen molar-refractivity contribution in [1.29, 1.82) is 0 Å². The number of rotatable bonds is 4. The Kier molecular flexibility index (Phi) is 6.07. The van der Waals surface area contributed by atoms with Crippen molar-refractivity contribution in [1.82, 2.24) is 10.3 Å². The van der Waals surface area contributed by atoms with Gasteiger partial charge < -0.3 is 10.6 Å². The molecule has 0 amide bonds. The first-order valence-corrected chi connectivity index (χ1v) is 10.0. The van der Waals surface area contributed by atoms with E-state index in [1.165, 1.54) is 37.7 Å². The predicted molar refractivity (Wildman–Crippen MR) is 112 cm³/mol. The van der Waals surface area contributed by atoms with Crippen molar-refractivity contribution in [3.63, 3.8) is 0 Å². The van der Waals surface area contributed by atoms with E-state index in [1.54, 1.807) is 6.20 Å². The maximum atomic E-state index is 5.52. The second kappa shape index (κ2) is 8.28. The van der Waals surface area contributed by atoms with Crippen LogP contribution in [0.5, 0.6) is 0 Å². The van der Waals surface area contributed by atoms with Crippen molar-refractivity contribution >= 4 is 39.1 Å². The number of benzene rings is 1. The van der Waals surface area contributed by atoms with E-state index in [9.17, 15) is 0 Å². The summed E-state index contributed by atoms with van der Waals surface area (Å²) in [6.07, 6.45) is 8.10. The van der Waals surface area contributed by atoms with Gasteiger partial charge in [-0.25, -0.2) is 4.98 Å². The summed E-state index contributed by atoms with van der Waals surface area (Å²) in [6.45, 7) is 2.88. The number of anilines is 1. The van der Waals surface area contributed by atoms with Crippen LogP contribution in [0.25, 0.3) is 0 Å². The molecule has 0 spiro atoms. The van der Waals surface area contributed by atoms with Crippen LogP contribution >= 0.6 is 28.1 Å². The Balaban J connectivity index is 1.68. The second-order valence-corrected chi connectivity index (χ2v) is 8.16. The van der Waals surface area contributed by atoms with E-state index in [-0.39, 0.29) is 5.41 Å². The largest absolute Gasteiger partial charge is 0.362 e. The number of pyridine rings is 1. The Morgan fingerprint density at radius 3 is 2.60 bits per heavy atom. The molecule has 3 rings (SSSR count). The van der Waals surface area contributed by atoms with Gasteiger partial charge in [-0.15, -0.1) is 0 Å². The third-order valence-electron chi connectivity index (χ3n) is 5.06. The van der Waals surface area contributed by atoms with Crippen LogP contribution < -0.4 is 10.6 Å². The van der Waals surface area contributed by atoms with Gasteiger partial charge in [-0.3, -0.25) is 0 Å². The van der Waals surface area contributed by atoms with E-state index in [0.717, 1.165) is 22.4 Å². The van der Waals surface area contributed by atoms with Crippen LogP contribution in [0.2, 0.25) is 0 Å². The van der Waals surface area contributed by atoms with Crippen LogP contribution in [0.4, 0.5) is 5.82 Å². The summed E-state index contributed by atoms with van der Waals surface area (Å²) in [5, 5.41) is 7.32. The SMILES string of the molecule is Cc1cc(Br)cnc1NC(=S)NCC1(c2ccccc2)CCCCC1. The first-order chi connectivity index (χ1) is 12.1. The molecule has 2 aromatic rings. The van der Waals surface area contributed by atoms with Gasteiger partial charge in [0.25, 0.3) is 0 Å². The summed E-state index contributed by atoms with van der Waals surface area (Å²) in [6, 6.07) is 12.9. The summed E-state index contributed by atoms with van der Waals surface area (Å²) in [5.74, 6) is 0.804. The average molecular weight is 418 g/mol. The lowest BCUT2D eigenvalue weighted by molar-refractivity contribution is 0.292. The summed E-state index contributed by atoms with van der Waals surface area (Å²) in [7, 11) is 0. The van der Waals surface area contributed by atoms with Gasteiger partial charge in [0.15, 0.2) is 5.11 Å². The quantitative estimate of drug-likeness (QED) is 0.658. The molecular formula is C20H24BrN3S. The molecule has 0 bridgehead atoms. The van der Waals surface area contributed by atoms with Gasteiger partial charge in [0, 0.05) is 22.6 Å². The van der Waals surface area contributed by atoms with Gasteiger partial charge in [0.05, 0.1) is 0 Å². The van der Waals surface area contributed by atoms with Crippen LogP contribution in [0.1, 0.15) is 43.2 Å². The molecule has 132 valence electrons. The number of nitrogens with zero attached hydrogens (tertiary/aromatic N) is 1. The first kappa shape index (κ1) is 18.3. The van der Waals surface area contributed by atoms with Crippen molar-refractivity contribution < 1.29 is 0 Å². The molecule has 1 aromatic heterocycles. The van der Waals surface area contributed by atoms with Crippen LogP contribution in [0.3, 0.4) is 0 Å². The van der Waals surface area contributed by atoms with E-state index in [2.05, 4.69) is 61.9 Å².